The number of nitrogens with one attached hydrogen (secondary N) is 1. The molecule has 0 bridgehead atoms. The first-order chi connectivity index (χ1) is 4.66. The second-order valence-electron chi connectivity index (χ2n) is 3.10. The van der Waals surface area contributed by atoms with E-state index in [1.165, 1.54) is 0 Å². The van der Waals surface area contributed by atoms with Crippen LogP contribution in [0.2, 0.25) is 0 Å². The molecule has 2 nitrogen and oxygen atoms in total. The third kappa shape index (κ3) is 1.38. The maximum Gasteiger partial charge on any atom is 0.220 e. The standard InChI is InChI=1S/C8H13NO/c1-3-5-8(2)6-4-7(10)9-8/h3H,1,4-6H2,2H3,(H,9,10)/t8-/m0/s1. The van der Waals surface area contributed by atoms with E-state index < -0.39 is 0 Å². The Morgan fingerprint density at radius 2 is 2.60 bits per heavy atom. The zero-order valence-electron chi connectivity index (χ0n) is 6.31. The molecule has 0 saturated carbocycles. The van der Waals surface area contributed by atoms with E-state index in [9.17, 15) is 4.79 Å². The second kappa shape index (κ2) is 2.45. The molecule has 0 spiro atoms. The number of carbonyl (C=O) groups excluding carboxylic acids is 1. The first-order valence-corrected chi connectivity index (χ1v) is 3.58. The molecule has 1 aliphatic rings. The van der Waals surface area contributed by atoms with Crippen molar-refractivity contribution in [1.82, 2.24) is 5.32 Å². The summed E-state index contributed by atoms with van der Waals surface area (Å²) in [5, 5.41) is 2.92. The molecule has 1 saturated heterocycles. The van der Waals surface area contributed by atoms with Crippen LogP contribution in [0, 0.1) is 0 Å². The maximum atomic E-state index is 10.8. The highest BCUT2D eigenvalue weighted by Gasteiger charge is 2.31. The number of hydrogen-bond acceptors (Lipinski definition) is 1. The Hall–Kier alpha value is -0.790. The minimum absolute atomic E-state index is 0.00116. The van der Waals surface area contributed by atoms with Crippen molar-refractivity contribution in [2.75, 3.05) is 0 Å². The Bertz CT molecular complexity index is 165. The minimum Gasteiger partial charge on any atom is -0.351 e. The topological polar surface area (TPSA) is 29.1 Å². The third-order valence-electron chi connectivity index (χ3n) is 1.94. The fourth-order valence-corrected chi connectivity index (χ4v) is 1.32. The molecule has 1 atom stereocenters. The van der Waals surface area contributed by atoms with Crippen LogP contribution in [-0.2, 0) is 4.79 Å². The molecular weight excluding hydrogens is 126 g/mol. The van der Waals surface area contributed by atoms with Gasteiger partial charge in [0.2, 0.25) is 5.91 Å². The molecule has 56 valence electrons. The second-order valence-corrected chi connectivity index (χ2v) is 3.10. The zero-order valence-corrected chi connectivity index (χ0v) is 6.31. The Balaban J connectivity index is 2.53. The number of amides is 1. The summed E-state index contributed by atoms with van der Waals surface area (Å²) in [6, 6.07) is 0. The molecule has 0 aromatic rings. The Kier molecular flexibility index (Phi) is 1.79. The zero-order chi connectivity index (χ0) is 7.61. The average Bonchev–Trinajstić information content (AvgIpc) is 2.12. The molecule has 0 radical (unpaired) electrons. The lowest BCUT2D eigenvalue weighted by Crippen LogP contribution is -2.37. The Morgan fingerprint density at radius 1 is 1.90 bits per heavy atom. The first kappa shape index (κ1) is 7.32. The predicted octanol–water partition coefficient (Wildman–Crippen LogP) is 1.23. The molecule has 1 N–H and O–H groups in total. The molecular formula is C8H13NO. The van der Waals surface area contributed by atoms with Crippen molar-refractivity contribution < 1.29 is 4.79 Å². The molecule has 1 heterocycles. The quantitative estimate of drug-likeness (QED) is 0.573. The predicted molar refractivity (Wildman–Crippen MR) is 40.6 cm³/mol. The normalized spacial score (nSPS) is 31.9. The number of carbonyl (C=O) groups is 1. The molecule has 0 aliphatic carbocycles. The van der Waals surface area contributed by atoms with Crippen molar-refractivity contribution in [3.8, 4) is 0 Å². The maximum absolute atomic E-state index is 10.8. The van der Waals surface area contributed by atoms with Crippen LogP contribution in [0.1, 0.15) is 26.2 Å². The smallest absolute Gasteiger partial charge is 0.220 e. The fourth-order valence-electron chi connectivity index (χ4n) is 1.32. The average molecular weight is 139 g/mol. The first-order valence-electron chi connectivity index (χ1n) is 3.58. The molecule has 1 fully saturated rings. The van der Waals surface area contributed by atoms with Gasteiger partial charge in [0, 0.05) is 12.0 Å². The SMILES string of the molecule is C=CC[C@@]1(C)CCC(=O)N1. The third-order valence-corrected chi connectivity index (χ3v) is 1.94. The molecule has 1 amide bonds. The summed E-state index contributed by atoms with van der Waals surface area (Å²) in [4.78, 5) is 10.8. The van der Waals surface area contributed by atoms with Crippen LogP contribution in [0.5, 0.6) is 0 Å². The van der Waals surface area contributed by atoms with Gasteiger partial charge >= 0.3 is 0 Å². The summed E-state index contributed by atoms with van der Waals surface area (Å²) >= 11 is 0. The molecule has 2 heteroatoms. The summed E-state index contributed by atoms with van der Waals surface area (Å²) in [7, 11) is 0. The van der Waals surface area contributed by atoms with Gasteiger partial charge in [-0.2, -0.15) is 0 Å². The van der Waals surface area contributed by atoms with Crippen molar-refractivity contribution in [2.24, 2.45) is 0 Å². The summed E-state index contributed by atoms with van der Waals surface area (Å²) in [6.45, 7) is 5.70. The van der Waals surface area contributed by atoms with Crippen LogP contribution < -0.4 is 5.32 Å². The lowest BCUT2D eigenvalue weighted by molar-refractivity contribution is -0.119. The molecule has 0 unspecified atom stereocenters. The van der Waals surface area contributed by atoms with Gasteiger partial charge in [0.15, 0.2) is 0 Å². The van der Waals surface area contributed by atoms with Gasteiger partial charge in [-0.1, -0.05) is 6.08 Å². The summed E-state index contributed by atoms with van der Waals surface area (Å²) in [5.74, 6) is 0.171. The van der Waals surface area contributed by atoms with Crippen molar-refractivity contribution in [1.29, 1.82) is 0 Å². The van der Waals surface area contributed by atoms with E-state index in [-0.39, 0.29) is 11.4 Å². The molecule has 0 aromatic heterocycles. The van der Waals surface area contributed by atoms with Gasteiger partial charge in [-0.15, -0.1) is 6.58 Å². The van der Waals surface area contributed by atoms with Crippen molar-refractivity contribution in [3.05, 3.63) is 12.7 Å². The van der Waals surface area contributed by atoms with E-state index in [1.54, 1.807) is 0 Å². The summed E-state index contributed by atoms with van der Waals surface area (Å²) in [6.07, 6.45) is 4.34. The van der Waals surface area contributed by atoms with E-state index in [1.807, 2.05) is 6.08 Å². The van der Waals surface area contributed by atoms with Crippen molar-refractivity contribution in [2.45, 2.75) is 31.7 Å². The van der Waals surface area contributed by atoms with E-state index >= 15 is 0 Å². The van der Waals surface area contributed by atoms with E-state index in [4.69, 9.17) is 0 Å². The van der Waals surface area contributed by atoms with Crippen LogP contribution in [0.25, 0.3) is 0 Å². The van der Waals surface area contributed by atoms with Gasteiger partial charge in [0.1, 0.15) is 0 Å². The van der Waals surface area contributed by atoms with Gasteiger partial charge in [-0.05, 0) is 19.8 Å². The van der Waals surface area contributed by atoms with Gasteiger partial charge in [-0.3, -0.25) is 4.79 Å². The summed E-state index contributed by atoms with van der Waals surface area (Å²) in [5.41, 5.74) is -0.00116. The van der Waals surface area contributed by atoms with Crippen LogP contribution >= 0.6 is 0 Å². The number of hydrogen-bond donors (Lipinski definition) is 1. The van der Waals surface area contributed by atoms with Gasteiger partial charge < -0.3 is 5.32 Å². The van der Waals surface area contributed by atoms with Crippen LogP contribution in [-0.4, -0.2) is 11.4 Å². The van der Waals surface area contributed by atoms with Crippen molar-refractivity contribution in [3.63, 3.8) is 0 Å². The molecule has 0 aromatic carbocycles. The monoisotopic (exact) mass is 139 g/mol. The van der Waals surface area contributed by atoms with E-state index in [0.29, 0.717) is 6.42 Å². The Labute approximate surface area is 61.3 Å². The minimum atomic E-state index is -0.00116. The summed E-state index contributed by atoms with van der Waals surface area (Å²) < 4.78 is 0. The van der Waals surface area contributed by atoms with E-state index in [0.717, 1.165) is 12.8 Å². The lowest BCUT2D eigenvalue weighted by atomic mass is 9.96. The highest BCUT2D eigenvalue weighted by atomic mass is 16.2. The van der Waals surface area contributed by atoms with E-state index in [2.05, 4.69) is 18.8 Å². The lowest BCUT2D eigenvalue weighted by Gasteiger charge is -2.21. The molecule has 10 heavy (non-hydrogen) atoms. The van der Waals surface area contributed by atoms with Crippen molar-refractivity contribution >= 4 is 5.91 Å². The highest BCUT2D eigenvalue weighted by Crippen LogP contribution is 2.22. The van der Waals surface area contributed by atoms with Crippen LogP contribution in [0.3, 0.4) is 0 Å². The number of rotatable bonds is 2. The molecule has 1 rings (SSSR count). The Morgan fingerprint density at radius 3 is 3.00 bits per heavy atom. The largest absolute Gasteiger partial charge is 0.351 e. The van der Waals surface area contributed by atoms with Crippen LogP contribution in [0.4, 0.5) is 0 Å². The highest BCUT2D eigenvalue weighted by molar-refractivity contribution is 5.79. The van der Waals surface area contributed by atoms with Gasteiger partial charge in [-0.25, -0.2) is 0 Å². The molecule has 1 aliphatic heterocycles. The van der Waals surface area contributed by atoms with Crippen LogP contribution in [0.15, 0.2) is 12.7 Å². The fraction of sp³-hybridized carbons (Fsp3) is 0.625. The van der Waals surface area contributed by atoms with Gasteiger partial charge in [0.05, 0.1) is 0 Å². The van der Waals surface area contributed by atoms with Gasteiger partial charge in [0.25, 0.3) is 0 Å².